The van der Waals surface area contributed by atoms with Crippen molar-refractivity contribution >= 4 is 15.9 Å². The molecular weight excluding hydrogens is 270 g/mol. The van der Waals surface area contributed by atoms with E-state index in [1.54, 1.807) is 0 Å². The molecule has 1 aromatic carbocycles. The van der Waals surface area contributed by atoms with Gasteiger partial charge >= 0.3 is 0 Å². The van der Waals surface area contributed by atoms with Gasteiger partial charge in [-0.05, 0) is 53.4 Å². The van der Waals surface area contributed by atoms with Crippen LogP contribution in [0.15, 0.2) is 16.6 Å². The largest absolute Gasteiger partial charge is 0.453 e. The molecule has 3 rings (SSSR count). The summed E-state index contributed by atoms with van der Waals surface area (Å²) in [5.74, 6) is 1.78. The van der Waals surface area contributed by atoms with E-state index >= 15 is 0 Å². The molecule has 1 atom stereocenters. The molecule has 0 radical (unpaired) electrons. The number of rotatable bonds is 2. The summed E-state index contributed by atoms with van der Waals surface area (Å²) in [6.45, 7) is 1.48. The second-order valence-electron chi connectivity index (χ2n) is 4.27. The van der Waals surface area contributed by atoms with Gasteiger partial charge in [0.25, 0.3) is 0 Å². The second-order valence-corrected chi connectivity index (χ2v) is 5.12. The Morgan fingerprint density at radius 1 is 1.31 bits per heavy atom. The number of ether oxygens (including phenoxy) is 2. The van der Waals surface area contributed by atoms with Gasteiger partial charge in [0.15, 0.2) is 11.5 Å². The van der Waals surface area contributed by atoms with Crippen LogP contribution >= 0.6 is 15.9 Å². The van der Waals surface area contributed by atoms with Gasteiger partial charge in [0.2, 0.25) is 6.79 Å². The Hall–Kier alpha value is -0.740. The summed E-state index contributed by atoms with van der Waals surface area (Å²) in [6, 6.07) is 4.75. The van der Waals surface area contributed by atoms with Crippen molar-refractivity contribution in [3.63, 3.8) is 0 Å². The maximum absolute atomic E-state index is 5.54. The Kier molecular flexibility index (Phi) is 2.77. The quantitative estimate of drug-likeness (QED) is 0.905. The maximum atomic E-state index is 5.54. The zero-order valence-corrected chi connectivity index (χ0v) is 10.5. The summed E-state index contributed by atoms with van der Waals surface area (Å²) in [5, 5.41) is 3.50. The number of fused-ring (bicyclic) bond motifs is 1. The lowest BCUT2D eigenvalue weighted by Gasteiger charge is -2.12. The third-order valence-electron chi connectivity index (χ3n) is 3.18. The van der Waals surface area contributed by atoms with E-state index in [9.17, 15) is 0 Å². The molecule has 0 saturated carbocycles. The Morgan fingerprint density at radius 2 is 2.19 bits per heavy atom. The van der Waals surface area contributed by atoms with Crippen LogP contribution in [0.5, 0.6) is 11.5 Å². The van der Waals surface area contributed by atoms with Gasteiger partial charge in [-0.25, -0.2) is 0 Å². The average Bonchev–Trinajstić information content (AvgIpc) is 2.92. The fourth-order valence-electron chi connectivity index (χ4n) is 2.38. The number of nitrogens with one attached hydrogen (secondary N) is 1. The van der Waals surface area contributed by atoms with Crippen molar-refractivity contribution in [3.8, 4) is 11.5 Å². The summed E-state index contributed by atoms with van der Waals surface area (Å²) in [7, 11) is 0. The molecule has 2 heterocycles. The van der Waals surface area contributed by atoms with Gasteiger partial charge < -0.3 is 14.8 Å². The normalized spacial score (nSPS) is 22.7. The van der Waals surface area contributed by atoms with Crippen LogP contribution in [0.3, 0.4) is 0 Å². The van der Waals surface area contributed by atoms with Crippen LogP contribution in [-0.4, -0.2) is 19.4 Å². The molecule has 0 aliphatic carbocycles. The van der Waals surface area contributed by atoms with Crippen molar-refractivity contribution in [2.24, 2.45) is 0 Å². The molecule has 86 valence electrons. The van der Waals surface area contributed by atoms with E-state index in [0.29, 0.717) is 12.8 Å². The van der Waals surface area contributed by atoms with E-state index < -0.39 is 0 Å². The van der Waals surface area contributed by atoms with Crippen molar-refractivity contribution in [3.05, 3.63) is 22.2 Å². The van der Waals surface area contributed by atoms with E-state index in [0.717, 1.165) is 28.9 Å². The van der Waals surface area contributed by atoms with Gasteiger partial charge in [0, 0.05) is 6.04 Å². The molecule has 1 N–H and O–H groups in total. The van der Waals surface area contributed by atoms with Crippen molar-refractivity contribution in [2.75, 3.05) is 13.3 Å². The molecule has 3 nitrogen and oxygen atoms in total. The monoisotopic (exact) mass is 283 g/mol. The van der Waals surface area contributed by atoms with Crippen molar-refractivity contribution < 1.29 is 9.47 Å². The SMILES string of the molecule is Brc1ccc(CC2CCCN2)c2c1OCO2. The maximum Gasteiger partial charge on any atom is 0.231 e. The predicted molar refractivity (Wildman–Crippen MR) is 65.0 cm³/mol. The van der Waals surface area contributed by atoms with E-state index in [-0.39, 0.29) is 0 Å². The van der Waals surface area contributed by atoms with Crippen LogP contribution in [-0.2, 0) is 6.42 Å². The first-order chi connectivity index (χ1) is 7.84. The second kappa shape index (κ2) is 4.26. The van der Waals surface area contributed by atoms with Crippen LogP contribution < -0.4 is 14.8 Å². The number of hydrogen-bond donors (Lipinski definition) is 1. The fourth-order valence-corrected chi connectivity index (χ4v) is 2.80. The summed E-state index contributed by atoms with van der Waals surface area (Å²) < 4.78 is 12.0. The van der Waals surface area contributed by atoms with Gasteiger partial charge in [0.1, 0.15) is 0 Å². The Bertz CT molecular complexity index is 402. The van der Waals surface area contributed by atoms with Gasteiger partial charge in [-0.1, -0.05) is 6.07 Å². The molecular formula is C12H14BrNO2. The van der Waals surface area contributed by atoms with E-state index in [2.05, 4.69) is 27.3 Å². The number of benzene rings is 1. The molecule has 16 heavy (non-hydrogen) atoms. The average molecular weight is 284 g/mol. The molecule has 1 aromatic rings. The zero-order chi connectivity index (χ0) is 11.0. The molecule has 2 aliphatic rings. The summed E-state index contributed by atoms with van der Waals surface area (Å²) >= 11 is 3.47. The predicted octanol–water partition coefficient (Wildman–Crippen LogP) is 2.47. The van der Waals surface area contributed by atoms with Gasteiger partial charge in [-0.2, -0.15) is 0 Å². The van der Waals surface area contributed by atoms with Crippen molar-refractivity contribution in [1.82, 2.24) is 5.32 Å². The van der Waals surface area contributed by atoms with E-state index in [1.807, 2.05) is 6.07 Å². The Labute approximate surface area is 103 Å². The lowest BCUT2D eigenvalue weighted by molar-refractivity contribution is 0.172. The molecule has 1 saturated heterocycles. The smallest absolute Gasteiger partial charge is 0.231 e. The standard InChI is InChI=1S/C12H14BrNO2/c13-10-4-3-8(6-9-2-1-5-14-9)11-12(10)16-7-15-11/h3-4,9,14H,1-2,5-7H2. The topological polar surface area (TPSA) is 30.5 Å². The summed E-state index contributed by atoms with van der Waals surface area (Å²) in [6.07, 6.45) is 3.56. The van der Waals surface area contributed by atoms with Gasteiger partial charge in [-0.3, -0.25) is 0 Å². The highest BCUT2D eigenvalue weighted by Crippen LogP contribution is 2.42. The van der Waals surface area contributed by atoms with Crippen molar-refractivity contribution in [1.29, 1.82) is 0 Å². The lowest BCUT2D eigenvalue weighted by atomic mass is 10.0. The van der Waals surface area contributed by atoms with Crippen LogP contribution in [0, 0.1) is 0 Å². The third kappa shape index (κ3) is 1.80. The van der Waals surface area contributed by atoms with E-state index in [4.69, 9.17) is 9.47 Å². The molecule has 2 aliphatic heterocycles. The third-order valence-corrected chi connectivity index (χ3v) is 3.81. The van der Waals surface area contributed by atoms with Crippen LogP contribution in [0.25, 0.3) is 0 Å². The lowest BCUT2D eigenvalue weighted by Crippen LogP contribution is -2.23. The first kappa shape index (κ1) is 10.4. The molecule has 0 amide bonds. The number of hydrogen-bond acceptors (Lipinski definition) is 3. The zero-order valence-electron chi connectivity index (χ0n) is 8.96. The minimum Gasteiger partial charge on any atom is -0.453 e. The minimum absolute atomic E-state index is 0.336. The highest BCUT2D eigenvalue weighted by molar-refractivity contribution is 9.10. The van der Waals surface area contributed by atoms with Crippen LogP contribution in [0.1, 0.15) is 18.4 Å². The molecule has 1 unspecified atom stereocenters. The molecule has 1 fully saturated rings. The number of halogens is 1. The van der Waals surface area contributed by atoms with Crippen LogP contribution in [0.2, 0.25) is 0 Å². The first-order valence-electron chi connectivity index (χ1n) is 5.65. The fraction of sp³-hybridized carbons (Fsp3) is 0.500. The summed E-state index contributed by atoms with van der Waals surface area (Å²) in [5.41, 5.74) is 1.25. The highest BCUT2D eigenvalue weighted by Gasteiger charge is 2.23. The van der Waals surface area contributed by atoms with Gasteiger partial charge in [-0.15, -0.1) is 0 Å². The first-order valence-corrected chi connectivity index (χ1v) is 6.44. The summed E-state index contributed by atoms with van der Waals surface area (Å²) in [4.78, 5) is 0. The highest BCUT2D eigenvalue weighted by atomic mass is 79.9. The molecule has 0 bridgehead atoms. The Balaban J connectivity index is 1.87. The van der Waals surface area contributed by atoms with Crippen LogP contribution in [0.4, 0.5) is 0 Å². The van der Waals surface area contributed by atoms with Gasteiger partial charge in [0.05, 0.1) is 4.47 Å². The Morgan fingerprint density at radius 3 is 3.00 bits per heavy atom. The molecule has 4 heteroatoms. The van der Waals surface area contributed by atoms with E-state index in [1.165, 1.54) is 18.4 Å². The van der Waals surface area contributed by atoms with Crippen molar-refractivity contribution in [2.45, 2.75) is 25.3 Å². The molecule has 0 aromatic heterocycles. The molecule has 0 spiro atoms. The minimum atomic E-state index is 0.336.